The Bertz CT molecular complexity index is 2520. The third kappa shape index (κ3) is 23.3. The van der Waals surface area contributed by atoms with Crippen molar-refractivity contribution in [3.05, 3.63) is 0 Å². The Morgan fingerprint density at radius 3 is 0.642 bits per heavy atom. The summed E-state index contributed by atoms with van der Waals surface area (Å²) < 4.78 is 0. The first-order valence-corrected chi connectivity index (χ1v) is 44.3. The second-order valence-corrected chi connectivity index (χ2v) is 40.5. The van der Waals surface area contributed by atoms with Crippen LogP contribution in [0.4, 0.5) is 35.7 Å². The molecular weight excluding hydrogens is 1320 g/mol. The van der Waals surface area contributed by atoms with Gasteiger partial charge in [-0.3, -0.25) is 19.4 Å². The zero-order chi connectivity index (χ0) is 75.4. The van der Waals surface area contributed by atoms with Crippen molar-refractivity contribution in [1.82, 2.24) is 50.2 Å². The van der Waals surface area contributed by atoms with Gasteiger partial charge < -0.3 is 31.1 Å². The molecule has 20 nitrogen and oxygen atoms in total. The molecule has 5 aliphatic heterocycles. The van der Waals surface area contributed by atoms with E-state index in [0.29, 0.717) is 83.8 Å². The van der Waals surface area contributed by atoms with Crippen LogP contribution in [0.1, 0.15) is 368 Å². The highest BCUT2D eigenvalue weighted by Gasteiger charge is 2.51. The van der Waals surface area contributed by atoms with Gasteiger partial charge in [0, 0.05) is 96.7 Å². The Balaban J connectivity index is 0.716. The SMILES string of the molecule is CC1(C)CC(CCCCNc2nc(NCCCCC3CC(C)(C)N(OC4CCCCC4)C(C)(C)C3)nc(N3CCN(c4nc(NCCCCC5CC(C)(C)N(OC6CCCCC6)C(C)(C)C5)nc(NCCCCC5CC(C)(C)N(OC6CCCCC6)C(C)(C)C5)n4)CC3)n2)CC(C)(C)N1OC1CCCCC1. The molecule has 2 aromatic rings. The monoisotopic (exact) mass is 1480 g/mol. The van der Waals surface area contributed by atoms with Crippen LogP contribution in [0.3, 0.4) is 0 Å². The Labute approximate surface area is 645 Å². The molecule has 9 fully saturated rings. The molecule has 0 unspecified atom stereocenters. The first-order chi connectivity index (χ1) is 50.4. The predicted octanol–water partition coefficient (Wildman–Crippen LogP) is 19.8. The molecule has 11 rings (SSSR count). The van der Waals surface area contributed by atoms with Crippen LogP contribution in [-0.2, 0) is 19.4 Å². The van der Waals surface area contributed by atoms with E-state index in [2.05, 4.69) is 162 Å². The molecular formula is C86H156N16O4. The molecule has 7 heterocycles. The molecule has 0 bridgehead atoms. The number of hydrogen-bond acceptors (Lipinski definition) is 20. The maximum Gasteiger partial charge on any atom is 0.232 e. The van der Waals surface area contributed by atoms with Crippen LogP contribution in [0.15, 0.2) is 0 Å². The van der Waals surface area contributed by atoms with E-state index < -0.39 is 0 Å². The summed E-state index contributed by atoms with van der Waals surface area (Å²) in [5, 5.41) is 24.5. The molecule has 4 N–H and O–H groups in total. The number of unbranched alkanes of at least 4 members (excludes halogenated alkanes) is 4. The van der Waals surface area contributed by atoms with Crippen molar-refractivity contribution in [1.29, 1.82) is 0 Å². The third-order valence-corrected chi connectivity index (χ3v) is 26.3. The Kier molecular flexibility index (Phi) is 29.1. The number of aromatic nitrogens is 6. The molecule has 0 amide bonds. The number of nitrogens with one attached hydrogen (secondary N) is 4. The number of hydroxylamine groups is 8. The summed E-state index contributed by atoms with van der Waals surface area (Å²) in [5.74, 6) is 6.67. The zero-order valence-electron chi connectivity index (χ0n) is 70.6. The maximum atomic E-state index is 6.88. The molecule has 5 saturated heterocycles. The standard InChI is InChI=1S/C86H156N16O4/c1-79(2)57-65(58-80(3,4)99(79)103-69-41-21-17-22-42-69)37-29-33-49-87-73-91-74(88-50-34-30-38-66-59-81(5,6)100(82(7,8)60-66)104-70-43-23-18-24-44-70)94-77(93-73)97-53-55-98(56-54-97)78-95-75(89-51-35-31-39-67-61-83(9,10)101(84(11,12)62-67)105-71-45-25-19-26-46-71)92-76(96-78)90-52-36-32-40-68-63-85(13,14)102(86(15,16)64-68)106-72-47-27-20-28-48-72/h65-72H,17-64H2,1-16H3,(H2,87,88,91,93,94)(H2,89,90,92,95,96). The number of piperidine rings is 4. The average molecular weight is 1480 g/mol. The number of rotatable bonds is 34. The Morgan fingerprint density at radius 2 is 0.453 bits per heavy atom. The smallest absolute Gasteiger partial charge is 0.232 e. The lowest BCUT2D eigenvalue weighted by Gasteiger charge is -2.55. The summed E-state index contributed by atoms with van der Waals surface area (Å²) in [6, 6.07) is 0. The normalized spacial score (nSPS) is 25.8. The molecule has 0 atom stereocenters. The molecule has 4 aliphatic carbocycles. The molecule has 0 radical (unpaired) electrons. The van der Waals surface area contributed by atoms with Gasteiger partial charge in [0.1, 0.15) is 0 Å². The van der Waals surface area contributed by atoms with Gasteiger partial charge >= 0.3 is 0 Å². The molecule has 4 saturated carbocycles. The second kappa shape index (κ2) is 37.0. The van der Waals surface area contributed by atoms with E-state index in [1.54, 1.807) is 0 Å². The number of nitrogens with zero attached hydrogens (tertiary/aromatic N) is 12. The summed E-state index contributed by atoms with van der Waals surface area (Å²) >= 11 is 0. The Hall–Kier alpha value is -3.50. The third-order valence-electron chi connectivity index (χ3n) is 26.3. The highest BCUT2D eigenvalue weighted by Crippen LogP contribution is 2.49. The first-order valence-electron chi connectivity index (χ1n) is 44.3. The van der Waals surface area contributed by atoms with Crippen molar-refractivity contribution in [2.75, 3.05) is 83.4 Å². The summed E-state index contributed by atoms with van der Waals surface area (Å²) in [5.41, 5.74) is -0.0295. The summed E-state index contributed by atoms with van der Waals surface area (Å²) in [4.78, 5) is 63.1. The molecule has 9 aliphatic rings. The quantitative estimate of drug-likeness (QED) is 0.0485. The van der Waals surface area contributed by atoms with Crippen molar-refractivity contribution in [2.45, 2.75) is 436 Å². The molecule has 20 heteroatoms. The van der Waals surface area contributed by atoms with Gasteiger partial charge in [0.15, 0.2) is 0 Å². The zero-order valence-corrected chi connectivity index (χ0v) is 70.6. The van der Waals surface area contributed by atoms with Crippen LogP contribution in [0.5, 0.6) is 0 Å². The number of anilines is 6. The minimum atomic E-state index is -0.00369. The van der Waals surface area contributed by atoms with Gasteiger partial charge in [0.05, 0.1) is 24.4 Å². The van der Waals surface area contributed by atoms with Crippen molar-refractivity contribution < 1.29 is 19.4 Å². The highest BCUT2D eigenvalue weighted by molar-refractivity contribution is 5.48. The molecule has 2 aromatic heterocycles. The molecule has 604 valence electrons. The van der Waals surface area contributed by atoms with Crippen molar-refractivity contribution >= 4 is 35.7 Å². The first kappa shape index (κ1) is 83.4. The second-order valence-electron chi connectivity index (χ2n) is 40.5. The number of piperazine rings is 1. The van der Waals surface area contributed by atoms with Gasteiger partial charge in [-0.2, -0.15) is 50.2 Å². The predicted molar refractivity (Wildman–Crippen MR) is 436 cm³/mol. The summed E-state index contributed by atoms with van der Waals surface area (Å²) in [6.07, 6.45) is 49.7. The minimum Gasteiger partial charge on any atom is -0.354 e. The van der Waals surface area contributed by atoms with Gasteiger partial charge in [0.25, 0.3) is 0 Å². The lowest BCUT2D eigenvalue weighted by atomic mass is 9.73. The lowest BCUT2D eigenvalue weighted by Crippen LogP contribution is -2.61. The summed E-state index contributed by atoms with van der Waals surface area (Å²) in [7, 11) is 0. The van der Waals surface area contributed by atoms with Gasteiger partial charge in [0.2, 0.25) is 35.7 Å². The molecule has 0 spiro atoms. The van der Waals surface area contributed by atoms with Crippen molar-refractivity contribution in [2.24, 2.45) is 23.7 Å². The van der Waals surface area contributed by atoms with Crippen LogP contribution in [0.2, 0.25) is 0 Å². The van der Waals surface area contributed by atoms with Gasteiger partial charge in [-0.25, -0.2) is 0 Å². The van der Waals surface area contributed by atoms with Crippen LogP contribution in [0.25, 0.3) is 0 Å². The van der Waals surface area contributed by atoms with E-state index in [4.69, 9.17) is 49.3 Å². The van der Waals surface area contributed by atoms with E-state index in [9.17, 15) is 0 Å². The van der Waals surface area contributed by atoms with Crippen LogP contribution < -0.4 is 31.1 Å². The number of hydrogen-bond donors (Lipinski definition) is 4. The van der Waals surface area contributed by atoms with Crippen molar-refractivity contribution in [3.63, 3.8) is 0 Å². The molecule has 106 heavy (non-hydrogen) atoms. The van der Waals surface area contributed by atoms with E-state index in [1.807, 2.05) is 0 Å². The van der Waals surface area contributed by atoms with Gasteiger partial charge in [-0.15, -0.1) is 0 Å². The average Bonchev–Trinajstić information content (AvgIpc) is 0.777. The minimum absolute atomic E-state index is 0.00369. The topological polar surface area (TPSA) is 182 Å². The van der Waals surface area contributed by atoms with Gasteiger partial charge in [-0.05, 0) is 263 Å². The van der Waals surface area contributed by atoms with E-state index in [0.717, 1.165) is 155 Å². The van der Waals surface area contributed by atoms with E-state index >= 15 is 0 Å². The van der Waals surface area contributed by atoms with Crippen LogP contribution in [-0.4, -0.2) is 171 Å². The van der Waals surface area contributed by atoms with Crippen molar-refractivity contribution in [3.8, 4) is 0 Å². The Morgan fingerprint density at radius 1 is 0.264 bits per heavy atom. The van der Waals surface area contributed by atoms with E-state index in [1.165, 1.54) is 154 Å². The van der Waals surface area contributed by atoms with Crippen LogP contribution in [0, 0.1) is 23.7 Å². The van der Waals surface area contributed by atoms with E-state index in [-0.39, 0.29) is 44.3 Å². The largest absolute Gasteiger partial charge is 0.354 e. The fraction of sp³-hybridized carbons (Fsp3) is 0.930. The maximum absolute atomic E-state index is 6.88. The highest BCUT2D eigenvalue weighted by atomic mass is 16.7. The summed E-state index contributed by atoms with van der Waals surface area (Å²) in [6.45, 7) is 44.7. The fourth-order valence-electron chi connectivity index (χ4n) is 22.6. The van der Waals surface area contributed by atoms with Crippen LogP contribution >= 0.6 is 0 Å². The fourth-order valence-corrected chi connectivity index (χ4v) is 22.6. The van der Waals surface area contributed by atoms with Gasteiger partial charge in [-0.1, -0.05) is 128 Å². The lowest BCUT2D eigenvalue weighted by molar-refractivity contribution is -0.314. The molecule has 0 aromatic carbocycles.